The van der Waals surface area contributed by atoms with Crippen molar-refractivity contribution >= 4 is 27.6 Å². The van der Waals surface area contributed by atoms with E-state index in [2.05, 4.69) is 65.0 Å². The van der Waals surface area contributed by atoms with E-state index in [0.717, 1.165) is 44.7 Å². The van der Waals surface area contributed by atoms with Crippen LogP contribution in [0.3, 0.4) is 0 Å². The molecule has 5 nitrogen and oxygen atoms in total. The van der Waals surface area contributed by atoms with Crippen molar-refractivity contribution in [1.29, 1.82) is 10.5 Å². The highest BCUT2D eigenvalue weighted by atomic mass is 15.3. The van der Waals surface area contributed by atoms with Crippen molar-refractivity contribution in [3.05, 3.63) is 113 Å². The minimum Gasteiger partial charge on any atom is -0.322 e. The second-order valence-electron chi connectivity index (χ2n) is 9.19. The summed E-state index contributed by atoms with van der Waals surface area (Å²) in [6.45, 7) is 3.95. The Morgan fingerprint density at radius 1 is 0.917 bits per heavy atom. The van der Waals surface area contributed by atoms with Crippen LogP contribution in [0.25, 0.3) is 27.6 Å². The van der Waals surface area contributed by atoms with E-state index < -0.39 is 0 Å². The Labute approximate surface area is 209 Å². The Hall–Kier alpha value is -4.87. The van der Waals surface area contributed by atoms with Crippen LogP contribution in [-0.4, -0.2) is 15.6 Å². The van der Waals surface area contributed by atoms with Crippen LogP contribution in [0.1, 0.15) is 19.4 Å². The summed E-state index contributed by atoms with van der Waals surface area (Å²) in [4.78, 5) is 7.43. The normalized spacial score (nSPS) is 19.1. The van der Waals surface area contributed by atoms with Gasteiger partial charge in [-0.15, -0.1) is 0 Å². The summed E-state index contributed by atoms with van der Waals surface area (Å²) in [5.41, 5.74) is 5.64. The third-order valence-corrected chi connectivity index (χ3v) is 7.09. The first-order valence-corrected chi connectivity index (χ1v) is 11.9. The van der Waals surface area contributed by atoms with Gasteiger partial charge < -0.3 is 4.90 Å². The van der Waals surface area contributed by atoms with Gasteiger partial charge >= 0.3 is 0 Å². The standard InChI is InChI=1S/C31H23N5/c1-20(18-32)16-25-21(2)35(27-10-5-3-8-23(25)27)30-12-7-13-31(34-30)36-28-11-6-4-9-24(28)26-17-22(19-33)14-15-29(26)36/h3-17,23,27H,1-2H3/b20-16+. The summed E-state index contributed by atoms with van der Waals surface area (Å²) in [7, 11) is 0. The lowest BCUT2D eigenvalue weighted by Gasteiger charge is -2.29. The third kappa shape index (κ3) is 3.26. The molecule has 2 aromatic carbocycles. The van der Waals surface area contributed by atoms with Crippen molar-refractivity contribution < 1.29 is 0 Å². The second-order valence-corrected chi connectivity index (χ2v) is 9.19. The van der Waals surface area contributed by atoms with Crippen LogP contribution < -0.4 is 4.90 Å². The molecule has 2 atom stereocenters. The highest BCUT2D eigenvalue weighted by Crippen LogP contribution is 2.41. The summed E-state index contributed by atoms with van der Waals surface area (Å²) < 4.78 is 2.17. The summed E-state index contributed by atoms with van der Waals surface area (Å²) in [6, 6.07) is 24.8. The molecule has 0 saturated carbocycles. The Balaban J connectivity index is 1.54. The van der Waals surface area contributed by atoms with Gasteiger partial charge in [-0.1, -0.05) is 48.6 Å². The topological polar surface area (TPSA) is 68.6 Å². The van der Waals surface area contributed by atoms with E-state index in [1.54, 1.807) is 0 Å². The summed E-state index contributed by atoms with van der Waals surface area (Å²) in [5, 5.41) is 21.0. The molecule has 0 radical (unpaired) electrons. The van der Waals surface area contributed by atoms with Crippen molar-refractivity contribution in [1.82, 2.24) is 9.55 Å². The number of rotatable bonds is 3. The molecule has 3 heterocycles. The molecule has 1 aliphatic heterocycles. The lowest BCUT2D eigenvalue weighted by atomic mass is 9.89. The van der Waals surface area contributed by atoms with Crippen molar-refractivity contribution in [2.45, 2.75) is 19.9 Å². The minimum absolute atomic E-state index is 0.104. The van der Waals surface area contributed by atoms with E-state index in [9.17, 15) is 10.5 Å². The number of pyridine rings is 1. The van der Waals surface area contributed by atoms with E-state index in [4.69, 9.17) is 4.98 Å². The fraction of sp³-hybridized carbons (Fsp3) is 0.129. The molecule has 36 heavy (non-hydrogen) atoms. The quantitative estimate of drug-likeness (QED) is 0.315. The number of nitrogens with zero attached hydrogens (tertiary/aromatic N) is 5. The van der Waals surface area contributed by atoms with Crippen molar-refractivity contribution in [3.63, 3.8) is 0 Å². The van der Waals surface area contributed by atoms with Crippen molar-refractivity contribution in [3.8, 4) is 18.0 Å². The number of benzene rings is 2. The lowest BCUT2D eigenvalue weighted by Crippen LogP contribution is -2.33. The number of hydrogen-bond donors (Lipinski definition) is 0. The summed E-state index contributed by atoms with van der Waals surface area (Å²) >= 11 is 0. The smallest absolute Gasteiger partial charge is 0.140 e. The third-order valence-electron chi connectivity index (χ3n) is 7.09. The lowest BCUT2D eigenvalue weighted by molar-refractivity contribution is 0.677. The summed E-state index contributed by atoms with van der Waals surface area (Å²) in [5.74, 6) is 1.85. The molecule has 2 unspecified atom stereocenters. The van der Waals surface area contributed by atoms with Gasteiger partial charge in [-0.2, -0.15) is 10.5 Å². The maximum atomic E-state index is 9.45. The average molecular weight is 466 g/mol. The minimum atomic E-state index is 0.104. The number of allylic oxidation sites excluding steroid dienone is 5. The molecule has 0 saturated heterocycles. The van der Waals surface area contributed by atoms with E-state index in [1.165, 1.54) is 0 Å². The first kappa shape index (κ1) is 21.6. The SMILES string of the molecule is CC1=C(/C=C(\C)C#N)C2C=CC=CC2N1c1cccc(-n2c3ccccc3c3cc(C#N)ccc32)n1. The fourth-order valence-corrected chi connectivity index (χ4v) is 5.48. The molecule has 4 aromatic rings. The molecule has 1 aliphatic carbocycles. The van der Waals surface area contributed by atoms with Crippen LogP contribution in [0.4, 0.5) is 5.82 Å². The Morgan fingerprint density at radius 2 is 1.69 bits per heavy atom. The van der Waals surface area contributed by atoms with Gasteiger partial charge in [0.1, 0.15) is 11.6 Å². The molecule has 2 aromatic heterocycles. The molecule has 0 amide bonds. The molecule has 0 fully saturated rings. The van der Waals surface area contributed by atoms with E-state index in [1.807, 2.05) is 61.5 Å². The maximum absolute atomic E-state index is 9.45. The van der Waals surface area contributed by atoms with E-state index in [-0.39, 0.29) is 12.0 Å². The van der Waals surface area contributed by atoms with Crippen molar-refractivity contribution in [2.24, 2.45) is 5.92 Å². The number of nitriles is 2. The van der Waals surface area contributed by atoms with Crippen LogP contribution in [0.15, 0.2) is 108 Å². The summed E-state index contributed by atoms with van der Waals surface area (Å²) in [6.07, 6.45) is 10.6. The zero-order chi connectivity index (χ0) is 24.8. The largest absolute Gasteiger partial charge is 0.322 e. The molecule has 0 bridgehead atoms. The van der Waals surface area contributed by atoms with Gasteiger partial charge in [0, 0.05) is 28.0 Å². The molecule has 5 heteroatoms. The maximum Gasteiger partial charge on any atom is 0.140 e. The monoisotopic (exact) mass is 465 g/mol. The predicted octanol–water partition coefficient (Wildman–Crippen LogP) is 6.73. The van der Waals surface area contributed by atoms with Gasteiger partial charge in [-0.05, 0) is 61.9 Å². The Kier molecular flexibility index (Phi) is 5.06. The van der Waals surface area contributed by atoms with Crippen LogP contribution in [0, 0.1) is 28.6 Å². The van der Waals surface area contributed by atoms with Crippen molar-refractivity contribution in [2.75, 3.05) is 4.90 Å². The average Bonchev–Trinajstić information content (AvgIpc) is 3.40. The molecular weight excluding hydrogens is 442 g/mol. The van der Waals surface area contributed by atoms with Crippen LogP contribution >= 0.6 is 0 Å². The van der Waals surface area contributed by atoms with Crippen LogP contribution in [0.5, 0.6) is 0 Å². The van der Waals surface area contributed by atoms with Gasteiger partial charge in [0.2, 0.25) is 0 Å². The fourth-order valence-electron chi connectivity index (χ4n) is 5.48. The number of hydrogen-bond acceptors (Lipinski definition) is 4. The molecule has 2 aliphatic rings. The Bertz CT molecular complexity index is 1750. The van der Waals surface area contributed by atoms with Gasteiger partial charge in [0.05, 0.1) is 34.8 Å². The molecule has 0 N–H and O–H groups in total. The number of fused-ring (bicyclic) bond motifs is 4. The van der Waals surface area contributed by atoms with Crippen LogP contribution in [0.2, 0.25) is 0 Å². The van der Waals surface area contributed by atoms with E-state index >= 15 is 0 Å². The van der Waals surface area contributed by atoms with Gasteiger partial charge in [0.25, 0.3) is 0 Å². The molecule has 0 spiro atoms. The number of anilines is 1. The number of para-hydroxylation sites is 1. The first-order valence-electron chi connectivity index (χ1n) is 11.9. The number of aromatic nitrogens is 2. The molecule has 172 valence electrons. The highest BCUT2D eigenvalue weighted by Gasteiger charge is 2.37. The second kappa shape index (κ2) is 8.41. The first-order chi connectivity index (χ1) is 17.6. The predicted molar refractivity (Wildman–Crippen MR) is 143 cm³/mol. The van der Waals surface area contributed by atoms with Gasteiger partial charge in [-0.3, -0.25) is 4.57 Å². The van der Waals surface area contributed by atoms with Crippen LogP contribution in [-0.2, 0) is 0 Å². The molecule has 6 rings (SSSR count). The molecular formula is C31H23N5. The van der Waals surface area contributed by atoms with Gasteiger partial charge in [-0.25, -0.2) is 4.98 Å². The van der Waals surface area contributed by atoms with Gasteiger partial charge in [0.15, 0.2) is 0 Å². The zero-order valence-electron chi connectivity index (χ0n) is 20.1. The highest BCUT2D eigenvalue weighted by molar-refractivity contribution is 6.09. The Morgan fingerprint density at radius 3 is 2.53 bits per heavy atom. The zero-order valence-corrected chi connectivity index (χ0v) is 20.1. The van der Waals surface area contributed by atoms with E-state index in [0.29, 0.717) is 11.1 Å².